The molecule has 1 amide bonds. The van der Waals surface area contributed by atoms with Crippen LogP contribution in [0.3, 0.4) is 0 Å². The van der Waals surface area contributed by atoms with Crippen molar-refractivity contribution in [3.8, 4) is 0 Å². The van der Waals surface area contributed by atoms with E-state index in [9.17, 15) is 13.2 Å². The summed E-state index contributed by atoms with van der Waals surface area (Å²) in [4.78, 5) is 17.0. The second-order valence-electron chi connectivity index (χ2n) is 7.48. The first-order valence-corrected chi connectivity index (χ1v) is 12.0. The maximum absolute atomic E-state index is 13.1. The Morgan fingerprint density at radius 2 is 1.79 bits per heavy atom. The van der Waals surface area contributed by atoms with Crippen molar-refractivity contribution in [2.75, 3.05) is 5.32 Å². The number of nitrogens with one attached hydrogen (secondary N) is 1. The lowest BCUT2D eigenvalue weighted by atomic mass is 10.0. The fraction of sp³-hybridized carbons (Fsp3) is 0.333. The Bertz CT molecular complexity index is 1130. The Kier molecular flexibility index (Phi) is 5.42. The van der Waals surface area contributed by atoms with Crippen LogP contribution in [0.1, 0.15) is 43.5 Å². The molecular formula is C21H23N3O3S2. The first-order valence-electron chi connectivity index (χ1n) is 9.64. The fourth-order valence-electron chi connectivity index (χ4n) is 3.90. The normalized spacial score (nSPS) is 20.6. The molecule has 0 spiro atoms. The summed E-state index contributed by atoms with van der Waals surface area (Å²) in [5.74, 6) is -0.241. The molecule has 29 heavy (non-hydrogen) atoms. The minimum absolute atomic E-state index is 0.00946. The van der Waals surface area contributed by atoms with E-state index >= 15 is 0 Å². The Morgan fingerprint density at radius 3 is 2.48 bits per heavy atom. The molecule has 1 fully saturated rings. The summed E-state index contributed by atoms with van der Waals surface area (Å²) in [5.41, 5.74) is 3.70. The van der Waals surface area contributed by atoms with E-state index in [4.69, 9.17) is 0 Å². The minimum Gasteiger partial charge on any atom is -0.322 e. The number of piperidine rings is 1. The lowest BCUT2D eigenvalue weighted by Crippen LogP contribution is -2.47. The molecule has 0 radical (unpaired) electrons. The monoisotopic (exact) mass is 429 g/mol. The molecule has 0 saturated carbocycles. The highest BCUT2D eigenvalue weighted by Gasteiger charge is 2.35. The SMILES string of the molecule is C[C@H]1CCC[C@H](C)N1S(=O)(=O)c1ccc(NC(=O)c2ccc3ncsc3c2)cc1. The predicted molar refractivity (Wildman–Crippen MR) is 116 cm³/mol. The van der Waals surface area contributed by atoms with Crippen LogP contribution >= 0.6 is 11.3 Å². The molecule has 0 unspecified atom stereocenters. The number of hydrogen-bond donors (Lipinski definition) is 1. The van der Waals surface area contributed by atoms with E-state index in [0.29, 0.717) is 11.3 Å². The first-order chi connectivity index (χ1) is 13.9. The molecule has 0 bridgehead atoms. The Hall–Kier alpha value is -2.29. The highest BCUT2D eigenvalue weighted by molar-refractivity contribution is 7.89. The second-order valence-corrected chi connectivity index (χ2v) is 10.2. The van der Waals surface area contributed by atoms with Crippen LogP contribution in [0, 0.1) is 0 Å². The summed E-state index contributed by atoms with van der Waals surface area (Å²) in [6, 6.07) is 11.7. The summed E-state index contributed by atoms with van der Waals surface area (Å²) in [6.45, 7) is 3.92. The highest BCUT2D eigenvalue weighted by Crippen LogP contribution is 2.30. The van der Waals surface area contributed by atoms with Gasteiger partial charge in [0.2, 0.25) is 10.0 Å². The number of thiazole rings is 1. The molecule has 152 valence electrons. The lowest BCUT2D eigenvalue weighted by molar-refractivity contribution is 0.102. The van der Waals surface area contributed by atoms with Crippen molar-refractivity contribution < 1.29 is 13.2 Å². The number of aromatic nitrogens is 1. The van der Waals surface area contributed by atoms with E-state index in [1.807, 2.05) is 19.9 Å². The van der Waals surface area contributed by atoms with Gasteiger partial charge < -0.3 is 5.32 Å². The summed E-state index contributed by atoms with van der Waals surface area (Å²) >= 11 is 1.48. The fourth-order valence-corrected chi connectivity index (χ4v) is 6.50. The van der Waals surface area contributed by atoms with Crippen molar-refractivity contribution in [2.24, 2.45) is 0 Å². The van der Waals surface area contributed by atoms with Crippen molar-refractivity contribution in [2.45, 2.75) is 50.1 Å². The number of anilines is 1. The van der Waals surface area contributed by atoms with Crippen LogP contribution in [0.2, 0.25) is 0 Å². The van der Waals surface area contributed by atoms with Crippen LogP contribution in [-0.4, -0.2) is 35.7 Å². The summed E-state index contributed by atoms with van der Waals surface area (Å²) in [7, 11) is -3.56. The van der Waals surface area contributed by atoms with Gasteiger partial charge in [-0.05, 0) is 69.2 Å². The average molecular weight is 430 g/mol. The van der Waals surface area contributed by atoms with Crippen molar-refractivity contribution in [3.05, 3.63) is 53.5 Å². The van der Waals surface area contributed by atoms with Gasteiger partial charge >= 0.3 is 0 Å². The van der Waals surface area contributed by atoms with Gasteiger partial charge in [-0.1, -0.05) is 6.42 Å². The van der Waals surface area contributed by atoms with E-state index in [1.54, 1.807) is 46.2 Å². The Balaban J connectivity index is 1.52. The number of nitrogens with zero attached hydrogens (tertiary/aromatic N) is 2. The number of fused-ring (bicyclic) bond motifs is 1. The molecular weight excluding hydrogens is 406 g/mol. The Morgan fingerprint density at radius 1 is 1.10 bits per heavy atom. The van der Waals surface area contributed by atoms with E-state index in [0.717, 1.165) is 29.5 Å². The quantitative estimate of drug-likeness (QED) is 0.662. The zero-order chi connectivity index (χ0) is 20.6. The number of sulfonamides is 1. The smallest absolute Gasteiger partial charge is 0.255 e. The maximum Gasteiger partial charge on any atom is 0.255 e. The number of hydrogen-bond acceptors (Lipinski definition) is 5. The third kappa shape index (κ3) is 3.92. The van der Waals surface area contributed by atoms with Crippen molar-refractivity contribution >= 4 is 43.2 Å². The van der Waals surface area contributed by atoms with Gasteiger partial charge in [0, 0.05) is 23.3 Å². The van der Waals surface area contributed by atoms with Crippen molar-refractivity contribution in [1.82, 2.24) is 9.29 Å². The third-order valence-electron chi connectivity index (χ3n) is 5.39. The summed E-state index contributed by atoms with van der Waals surface area (Å²) in [6.07, 6.45) is 2.80. The molecule has 8 heteroatoms. The van der Waals surface area contributed by atoms with Crippen LogP contribution in [-0.2, 0) is 10.0 Å². The highest BCUT2D eigenvalue weighted by atomic mass is 32.2. The third-order valence-corrected chi connectivity index (χ3v) is 8.33. The van der Waals surface area contributed by atoms with Crippen molar-refractivity contribution in [1.29, 1.82) is 0 Å². The summed E-state index contributed by atoms with van der Waals surface area (Å²) in [5, 5.41) is 2.83. The van der Waals surface area contributed by atoms with E-state index in [1.165, 1.54) is 11.3 Å². The van der Waals surface area contributed by atoms with Gasteiger partial charge in [-0.2, -0.15) is 4.31 Å². The maximum atomic E-state index is 13.1. The zero-order valence-corrected chi connectivity index (χ0v) is 18.0. The minimum atomic E-state index is -3.56. The van der Waals surface area contributed by atoms with Crippen LogP contribution in [0.4, 0.5) is 5.69 Å². The molecule has 2 atom stereocenters. The lowest BCUT2D eigenvalue weighted by Gasteiger charge is -2.37. The number of carbonyl (C=O) groups is 1. The Labute approximate surface area is 174 Å². The van der Waals surface area contributed by atoms with Gasteiger partial charge in [0.05, 0.1) is 20.6 Å². The molecule has 1 aliphatic rings. The average Bonchev–Trinajstić information content (AvgIpc) is 3.16. The topological polar surface area (TPSA) is 79.4 Å². The number of amides is 1. The molecule has 2 heterocycles. The van der Waals surface area contributed by atoms with Crippen LogP contribution < -0.4 is 5.32 Å². The number of carbonyl (C=O) groups excluding carboxylic acids is 1. The largest absolute Gasteiger partial charge is 0.322 e. The van der Waals surface area contributed by atoms with Gasteiger partial charge in [-0.25, -0.2) is 13.4 Å². The van der Waals surface area contributed by atoms with Gasteiger partial charge in [-0.15, -0.1) is 11.3 Å². The predicted octanol–water partition coefficient (Wildman–Crippen LogP) is 4.50. The summed E-state index contributed by atoms with van der Waals surface area (Å²) < 4.78 is 28.8. The molecule has 1 N–H and O–H groups in total. The molecule has 0 aliphatic carbocycles. The van der Waals surface area contributed by atoms with E-state index in [-0.39, 0.29) is 22.9 Å². The van der Waals surface area contributed by atoms with Gasteiger partial charge in [0.15, 0.2) is 0 Å². The molecule has 1 aliphatic heterocycles. The van der Waals surface area contributed by atoms with Gasteiger partial charge in [0.25, 0.3) is 5.91 Å². The number of rotatable bonds is 4. The molecule has 3 aromatic rings. The van der Waals surface area contributed by atoms with Crippen LogP contribution in [0.5, 0.6) is 0 Å². The van der Waals surface area contributed by atoms with Crippen LogP contribution in [0.15, 0.2) is 52.9 Å². The zero-order valence-electron chi connectivity index (χ0n) is 16.3. The standard InChI is InChI=1S/C21H23N3O3S2/c1-14-4-3-5-15(2)24(14)29(26,27)18-9-7-17(8-10-18)23-21(25)16-6-11-19-20(12-16)28-13-22-19/h6-15H,3-5H2,1-2H3,(H,23,25)/t14-,15-/m0/s1. The number of benzene rings is 2. The molecule has 1 saturated heterocycles. The van der Waals surface area contributed by atoms with Gasteiger partial charge in [0.1, 0.15) is 0 Å². The molecule has 1 aromatic heterocycles. The molecule has 6 nitrogen and oxygen atoms in total. The molecule has 2 aromatic carbocycles. The second kappa shape index (κ2) is 7.85. The van der Waals surface area contributed by atoms with Crippen LogP contribution in [0.25, 0.3) is 10.2 Å². The van der Waals surface area contributed by atoms with E-state index in [2.05, 4.69) is 10.3 Å². The van der Waals surface area contributed by atoms with E-state index < -0.39 is 10.0 Å². The molecule has 4 rings (SSSR count). The first kappa shape index (κ1) is 20.0. The van der Waals surface area contributed by atoms with Crippen molar-refractivity contribution in [3.63, 3.8) is 0 Å². The van der Waals surface area contributed by atoms with Gasteiger partial charge in [-0.3, -0.25) is 4.79 Å².